The van der Waals surface area contributed by atoms with Gasteiger partial charge in [0, 0.05) is 0 Å². The fourth-order valence-electron chi connectivity index (χ4n) is 0.703. The Bertz CT molecular complexity index is 302. The minimum Gasteiger partial charge on any atom is -0.416 e. The average molecular weight is 283 g/mol. The van der Waals surface area contributed by atoms with Crippen molar-refractivity contribution in [3.63, 3.8) is 0 Å². The smallest absolute Gasteiger partial charge is 0.416 e. The molecule has 0 aliphatic rings. The number of hydrogen-bond acceptors (Lipinski definition) is 2. The molecule has 13 heavy (non-hydrogen) atoms. The van der Waals surface area contributed by atoms with Crippen LogP contribution >= 0.6 is 25.0 Å². The number of ether oxygens (including phenoxy) is 1. The molecule has 0 unspecified atom stereocenters. The molecule has 0 aliphatic carbocycles. The van der Waals surface area contributed by atoms with Crippen molar-refractivity contribution in [3.8, 4) is 5.88 Å². The Labute approximate surface area is 95.3 Å². The fourth-order valence-corrected chi connectivity index (χ4v) is 1.87. The van der Waals surface area contributed by atoms with Crippen LogP contribution in [0.3, 0.4) is 0 Å². The highest BCUT2D eigenvalue weighted by molar-refractivity contribution is 9.10. The quantitative estimate of drug-likeness (QED) is 0.791. The van der Waals surface area contributed by atoms with E-state index in [9.17, 15) is 8.78 Å². The summed E-state index contributed by atoms with van der Waals surface area (Å²) in [7, 11) is 5.61. The van der Waals surface area contributed by atoms with Crippen LogP contribution in [0, 0.1) is 0 Å². The molecular formula is C6H3BrClF2MgNO. The van der Waals surface area contributed by atoms with Gasteiger partial charge in [0.05, 0.1) is 4.47 Å². The van der Waals surface area contributed by atoms with Crippen LogP contribution in [0.25, 0.3) is 0 Å². The lowest BCUT2D eigenvalue weighted by Gasteiger charge is -2.06. The number of alkyl halides is 2. The Morgan fingerprint density at radius 1 is 1.54 bits per heavy atom. The van der Waals surface area contributed by atoms with Crippen LogP contribution in [-0.2, 0) is 0 Å². The van der Waals surface area contributed by atoms with Gasteiger partial charge in [-0.2, -0.15) is 8.78 Å². The van der Waals surface area contributed by atoms with E-state index in [0.29, 0.717) is 8.30 Å². The normalized spacial score (nSPS) is 9.92. The Kier molecular flexibility index (Phi) is 4.64. The highest BCUT2D eigenvalue weighted by Crippen LogP contribution is 2.21. The second-order valence-electron chi connectivity index (χ2n) is 2.10. The van der Waals surface area contributed by atoms with E-state index in [-0.39, 0.29) is 5.88 Å². The molecule has 0 aromatic carbocycles. The van der Waals surface area contributed by atoms with Crippen molar-refractivity contribution >= 4 is 48.1 Å². The van der Waals surface area contributed by atoms with Gasteiger partial charge in [-0.25, -0.2) is 4.98 Å². The summed E-state index contributed by atoms with van der Waals surface area (Å²) in [6, 6.07) is 3.27. The van der Waals surface area contributed by atoms with Gasteiger partial charge in [-0.1, -0.05) is 9.89 Å². The predicted octanol–water partition coefficient (Wildman–Crippen LogP) is 1.93. The first-order valence-electron chi connectivity index (χ1n) is 3.29. The molecule has 0 N–H and O–H groups in total. The molecule has 0 bridgehead atoms. The molecule has 0 spiro atoms. The first-order chi connectivity index (χ1) is 6.13. The molecule has 7 heteroatoms. The van der Waals surface area contributed by atoms with Crippen molar-refractivity contribution in [2.75, 3.05) is 0 Å². The number of nitrogens with zero attached hydrogens (tertiary/aromatic N) is 1. The van der Waals surface area contributed by atoms with Gasteiger partial charge in [-0.05, 0) is 22.0 Å². The molecule has 0 saturated heterocycles. The van der Waals surface area contributed by atoms with Gasteiger partial charge in [0.2, 0.25) is 5.88 Å². The van der Waals surface area contributed by atoms with Crippen molar-refractivity contribution in [2.45, 2.75) is 6.61 Å². The summed E-state index contributed by atoms with van der Waals surface area (Å²) >= 11 is 2.08. The molecule has 1 aromatic rings. The summed E-state index contributed by atoms with van der Waals surface area (Å²) in [6.45, 7) is -2.86. The lowest BCUT2D eigenvalue weighted by Crippen LogP contribution is -2.16. The lowest BCUT2D eigenvalue weighted by atomic mass is 10.5. The third-order valence-corrected chi connectivity index (χ3v) is 3.30. The van der Waals surface area contributed by atoms with Crippen LogP contribution in [0.5, 0.6) is 5.88 Å². The van der Waals surface area contributed by atoms with Crippen LogP contribution in [0.4, 0.5) is 8.78 Å². The third-order valence-electron chi connectivity index (χ3n) is 1.21. The fraction of sp³-hybridized carbons (Fsp3) is 0.167. The Balaban J connectivity index is 2.90. The second kappa shape index (κ2) is 5.28. The molecule has 0 saturated carbocycles. The summed E-state index contributed by atoms with van der Waals surface area (Å²) in [4.78, 5) is 3.81. The molecule has 0 amide bonds. The number of aromatic nitrogens is 1. The summed E-state index contributed by atoms with van der Waals surface area (Å²) in [6.07, 6.45) is 0. The molecule has 2 nitrogen and oxygen atoms in total. The predicted molar refractivity (Wildman–Crippen MR) is 49.8 cm³/mol. The van der Waals surface area contributed by atoms with Crippen molar-refractivity contribution in [1.29, 1.82) is 0 Å². The molecule has 0 fully saturated rings. The molecule has 1 heterocycles. The Morgan fingerprint density at radius 2 is 2.23 bits per heavy atom. The molecule has 1 rings (SSSR count). The van der Waals surface area contributed by atoms with E-state index in [0.717, 1.165) is 0 Å². The van der Waals surface area contributed by atoms with Crippen molar-refractivity contribution in [2.24, 2.45) is 0 Å². The van der Waals surface area contributed by atoms with E-state index in [1.54, 1.807) is 12.1 Å². The topological polar surface area (TPSA) is 22.1 Å². The van der Waals surface area contributed by atoms with Gasteiger partial charge >= 0.3 is 25.9 Å². The Hall–Kier alpha value is 0.346. The minimum atomic E-state index is -2.86. The SMILES string of the molecule is FC(F)Oc1n[c]([Mg][Cl])ccc1Br. The maximum atomic E-state index is 11.8. The Morgan fingerprint density at radius 3 is 2.77 bits per heavy atom. The van der Waals surface area contributed by atoms with Gasteiger partial charge in [-0.3, -0.25) is 0 Å². The van der Waals surface area contributed by atoms with Gasteiger partial charge in [0.1, 0.15) is 0 Å². The number of halogens is 4. The van der Waals surface area contributed by atoms with E-state index in [2.05, 4.69) is 25.7 Å². The first-order valence-corrected chi connectivity index (χ1v) is 6.93. The van der Waals surface area contributed by atoms with E-state index >= 15 is 0 Å². The van der Waals surface area contributed by atoms with Crippen LogP contribution < -0.4 is 8.56 Å². The number of pyridine rings is 1. The van der Waals surface area contributed by atoms with Crippen LogP contribution in [0.2, 0.25) is 0 Å². The average Bonchev–Trinajstić information content (AvgIpc) is 2.08. The van der Waals surface area contributed by atoms with E-state index in [1.165, 1.54) is 0 Å². The van der Waals surface area contributed by atoms with E-state index in [1.807, 2.05) is 0 Å². The minimum absolute atomic E-state index is 0.111. The largest absolute Gasteiger partial charge is 0.565 e. The van der Waals surface area contributed by atoms with E-state index in [4.69, 9.17) is 9.07 Å². The standard InChI is InChI=1S/C6H3BrF2NO.ClH.Mg/c7-4-2-1-3-10-5(4)11-6(8)9;;/h1-2,6H;1H;/q;;+1/p-1. The summed E-state index contributed by atoms with van der Waals surface area (Å²) < 4.78 is 28.8. The van der Waals surface area contributed by atoms with Crippen LogP contribution in [0.15, 0.2) is 16.6 Å². The van der Waals surface area contributed by atoms with Gasteiger partial charge in [0.25, 0.3) is 0 Å². The zero-order chi connectivity index (χ0) is 9.84. The third kappa shape index (κ3) is 3.53. The zero-order valence-electron chi connectivity index (χ0n) is 6.31. The summed E-state index contributed by atoms with van der Waals surface area (Å²) in [5.74, 6) is -0.111. The monoisotopic (exact) mass is 281 g/mol. The highest BCUT2D eigenvalue weighted by Gasteiger charge is 2.10. The van der Waals surface area contributed by atoms with Crippen molar-refractivity contribution in [3.05, 3.63) is 16.6 Å². The molecule has 0 radical (unpaired) electrons. The zero-order valence-corrected chi connectivity index (χ0v) is 10.1. The lowest BCUT2D eigenvalue weighted by molar-refractivity contribution is -0.0532. The van der Waals surface area contributed by atoms with Crippen LogP contribution in [-0.4, -0.2) is 30.9 Å². The van der Waals surface area contributed by atoms with Gasteiger partial charge in [-0.15, -0.1) is 0 Å². The van der Waals surface area contributed by atoms with Crippen LogP contribution in [0.1, 0.15) is 0 Å². The summed E-state index contributed by atoms with van der Waals surface area (Å²) in [5, 5.41) is 0. The molecule has 0 aliphatic heterocycles. The number of hydrogen-bond donors (Lipinski definition) is 0. The molecule has 0 atom stereocenters. The second-order valence-corrected chi connectivity index (χ2v) is 4.75. The first kappa shape index (κ1) is 11.4. The van der Waals surface area contributed by atoms with Gasteiger partial charge in [0.15, 0.2) is 0 Å². The van der Waals surface area contributed by atoms with Crippen molar-refractivity contribution < 1.29 is 13.5 Å². The van der Waals surface area contributed by atoms with E-state index < -0.39 is 25.9 Å². The van der Waals surface area contributed by atoms with Crippen molar-refractivity contribution in [1.82, 2.24) is 4.98 Å². The molecular weight excluding hydrogens is 280 g/mol. The molecule has 68 valence electrons. The summed E-state index contributed by atoms with van der Waals surface area (Å²) in [5.41, 5.74) is 0. The van der Waals surface area contributed by atoms with Gasteiger partial charge < -0.3 is 13.8 Å². The highest BCUT2D eigenvalue weighted by atomic mass is 79.9. The number of rotatable bonds is 3. The maximum absolute atomic E-state index is 11.8. The molecule has 1 aromatic heterocycles. The maximum Gasteiger partial charge on any atom is 0.565 e.